The number of carbonyl (C=O) groups is 1. The van der Waals surface area contributed by atoms with Crippen LogP contribution < -0.4 is 0 Å². The molecule has 1 aromatic heterocycles. The molecule has 0 aliphatic carbocycles. The smallest absolute Gasteiger partial charge is 0.254 e. The summed E-state index contributed by atoms with van der Waals surface area (Å²) in [4.78, 5) is 24.4. The molecule has 2 aromatic carbocycles. The first-order valence-electron chi connectivity index (χ1n) is 10.7. The van der Waals surface area contributed by atoms with Crippen molar-refractivity contribution < 1.29 is 13.9 Å². The number of hydrogen-bond donors (Lipinski definition) is 0. The Kier molecular flexibility index (Phi) is 5.02. The Hall–Kier alpha value is -3.12. The number of benzene rings is 2. The second-order valence-electron chi connectivity index (χ2n) is 8.23. The fourth-order valence-corrected chi connectivity index (χ4v) is 4.67. The quantitative estimate of drug-likeness (QED) is 0.624. The Balaban J connectivity index is 1.39. The van der Waals surface area contributed by atoms with Crippen molar-refractivity contribution >= 4 is 5.91 Å². The lowest BCUT2D eigenvalue weighted by Crippen LogP contribution is -2.49. The van der Waals surface area contributed by atoms with Gasteiger partial charge in [0.15, 0.2) is 0 Å². The number of hydrogen-bond acceptors (Lipinski definition) is 4. The van der Waals surface area contributed by atoms with E-state index in [1.54, 1.807) is 12.1 Å². The molecule has 1 amide bonds. The number of fused-ring (bicyclic) bond motifs is 2. The van der Waals surface area contributed by atoms with Gasteiger partial charge >= 0.3 is 0 Å². The normalized spacial score (nSPS) is 17.4. The molecule has 5 nitrogen and oxygen atoms in total. The van der Waals surface area contributed by atoms with E-state index in [2.05, 4.69) is 4.98 Å². The summed E-state index contributed by atoms with van der Waals surface area (Å²) < 4.78 is 19.6. The van der Waals surface area contributed by atoms with Gasteiger partial charge in [-0.1, -0.05) is 30.3 Å². The summed E-state index contributed by atoms with van der Waals surface area (Å²) in [7, 11) is 0. The first-order chi connectivity index (χ1) is 15.1. The van der Waals surface area contributed by atoms with E-state index in [9.17, 15) is 9.18 Å². The van der Waals surface area contributed by atoms with Crippen LogP contribution >= 0.6 is 0 Å². The van der Waals surface area contributed by atoms with E-state index < -0.39 is 5.60 Å². The molecule has 158 valence electrons. The molecule has 2 aliphatic rings. The van der Waals surface area contributed by atoms with Gasteiger partial charge in [-0.3, -0.25) is 4.79 Å². The third kappa shape index (κ3) is 3.61. The number of halogens is 1. The van der Waals surface area contributed by atoms with E-state index >= 15 is 0 Å². The van der Waals surface area contributed by atoms with Crippen LogP contribution in [0.25, 0.3) is 11.1 Å². The molecule has 0 bridgehead atoms. The monoisotopic (exact) mass is 417 g/mol. The van der Waals surface area contributed by atoms with E-state index in [0.29, 0.717) is 38.1 Å². The number of nitrogens with zero attached hydrogens (tertiary/aromatic N) is 3. The summed E-state index contributed by atoms with van der Waals surface area (Å²) in [5, 5.41) is 0. The van der Waals surface area contributed by atoms with Gasteiger partial charge in [0.1, 0.15) is 17.2 Å². The summed E-state index contributed by atoms with van der Waals surface area (Å²) in [6.45, 7) is 3.74. The van der Waals surface area contributed by atoms with Crippen molar-refractivity contribution in [3.63, 3.8) is 0 Å². The lowest BCUT2D eigenvalue weighted by molar-refractivity contribution is -0.0968. The average Bonchev–Trinajstić information content (AvgIpc) is 2.80. The van der Waals surface area contributed by atoms with Gasteiger partial charge < -0.3 is 9.64 Å². The van der Waals surface area contributed by atoms with Crippen molar-refractivity contribution in [2.24, 2.45) is 0 Å². The zero-order chi connectivity index (χ0) is 21.4. The molecular weight excluding hydrogens is 393 g/mol. The van der Waals surface area contributed by atoms with Gasteiger partial charge in [-0.25, -0.2) is 14.4 Å². The number of carbonyl (C=O) groups excluding carboxylic acids is 1. The minimum atomic E-state index is -0.436. The van der Waals surface area contributed by atoms with Crippen LogP contribution in [0.15, 0.2) is 54.7 Å². The maximum Gasteiger partial charge on any atom is 0.254 e. The summed E-state index contributed by atoms with van der Waals surface area (Å²) in [6.07, 6.45) is 4.16. The maximum absolute atomic E-state index is 13.4. The molecule has 0 unspecified atom stereocenters. The van der Waals surface area contributed by atoms with Crippen molar-refractivity contribution in [2.45, 2.75) is 31.8 Å². The van der Waals surface area contributed by atoms with Gasteiger partial charge in [-0.05, 0) is 61.1 Å². The molecule has 1 saturated heterocycles. The second-order valence-corrected chi connectivity index (χ2v) is 8.23. The van der Waals surface area contributed by atoms with Crippen LogP contribution in [0, 0.1) is 12.7 Å². The Morgan fingerprint density at radius 3 is 2.61 bits per heavy atom. The highest BCUT2D eigenvalue weighted by Crippen LogP contribution is 2.40. The highest BCUT2D eigenvalue weighted by molar-refractivity contribution is 6.01. The molecule has 3 heterocycles. The third-order valence-corrected chi connectivity index (χ3v) is 6.34. The van der Waals surface area contributed by atoms with Crippen LogP contribution in [0.5, 0.6) is 0 Å². The third-order valence-electron chi connectivity index (χ3n) is 6.34. The molecule has 31 heavy (non-hydrogen) atoms. The standard InChI is InChI=1S/C25H24FN3O2/c1-17-27-16-19-10-15-31-25(23(19)28-17)11-13-29(14-12-25)24(30)22-5-3-2-4-21(22)18-6-8-20(26)9-7-18/h2-9,16H,10-15H2,1H3. The van der Waals surface area contributed by atoms with Gasteiger partial charge in [0.25, 0.3) is 5.91 Å². The van der Waals surface area contributed by atoms with E-state index in [1.807, 2.05) is 42.3 Å². The lowest BCUT2D eigenvalue weighted by Gasteiger charge is -2.44. The van der Waals surface area contributed by atoms with Gasteiger partial charge in [0, 0.05) is 24.8 Å². The molecule has 0 N–H and O–H groups in total. The molecule has 0 saturated carbocycles. The highest BCUT2D eigenvalue weighted by atomic mass is 19.1. The average molecular weight is 417 g/mol. The molecule has 1 fully saturated rings. The molecular formula is C25H24FN3O2. The summed E-state index contributed by atoms with van der Waals surface area (Å²) in [5.74, 6) is 0.445. The summed E-state index contributed by atoms with van der Waals surface area (Å²) >= 11 is 0. The summed E-state index contributed by atoms with van der Waals surface area (Å²) in [5.41, 5.74) is 3.98. The number of likely N-dealkylation sites (tertiary alicyclic amines) is 1. The van der Waals surface area contributed by atoms with Crippen molar-refractivity contribution in [1.82, 2.24) is 14.9 Å². The molecule has 0 atom stereocenters. The topological polar surface area (TPSA) is 55.3 Å². The number of rotatable bonds is 2. The van der Waals surface area contributed by atoms with Gasteiger partial charge in [0.2, 0.25) is 0 Å². The number of piperidine rings is 1. The molecule has 6 heteroatoms. The number of ether oxygens (including phenoxy) is 1. The molecule has 2 aliphatic heterocycles. The first-order valence-corrected chi connectivity index (χ1v) is 10.7. The zero-order valence-electron chi connectivity index (χ0n) is 17.5. The van der Waals surface area contributed by atoms with Gasteiger partial charge in [-0.2, -0.15) is 0 Å². The first kappa shape index (κ1) is 19.8. The highest BCUT2D eigenvalue weighted by Gasteiger charge is 2.43. The summed E-state index contributed by atoms with van der Waals surface area (Å²) in [6, 6.07) is 13.8. The van der Waals surface area contributed by atoms with E-state index in [-0.39, 0.29) is 11.7 Å². The second kappa shape index (κ2) is 7.85. The van der Waals surface area contributed by atoms with Crippen molar-refractivity contribution in [1.29, 1.82) is 0 Å². The zero-order valence-corrected chi connectivity index (χ0v) is 17.5. The molecule has 0 radical (unpaired) electrons. The van der Waals surface area contributed by atoms with Crippen molar-refractivity contribution in [3.8, 4) is 11.1 Å². The lowest BCUT2D eigenvalue weighted by atomic mass is 9.83. The Morgan fingerprint density at radius 1 is 1.10 bits per heavy atom. The van der Waals surface area contributed by atoms with Gasteiger partial charge in [0.05, 0.1) is 12.3 Å². The van der Waals surface area contributed by atoms with E-state index in [1.165, 1.54) is 12.1 Å². The minimum Gasteiger partial charge on any atom is -0.368 e. The van der Waals surface area contributed by atoms with Crippen LogP contribution in [0.2, 0.25) is 0 Å². The van der Waals surface area contributed by atoms with E-state index in [4.69, 9.17) is 9.72 Å². The van der Waals surface area contributed by atoms with Crippen LogP contribution in [0.3, 0.4) is 0 Å². The fourth-order valence-electron chi connectivity index (χ4n) is 4.67. The molecule has 3 aromatic rings. The van der Waals surface area contributed by atoms with Crippen LogP contribution in [-0.2, 0) is 16.8 Å². The van der Waals surface area contributed by atoms with Crippen LogP contribution in [-0.4, -0.2) is 40.5 Å². The number of aromatic nitrogens is 2. The maximum atomic E-state index is 13.4. The fraction of sp³-hybridized carbons (Fsp3) is 0.320. The van der Waals surface area contributed by atoms with E-state index in [0.717, 1.165) is 34.6 Å². The SMILES string of the molecule is Cc1ncc2c(n1)C1(CCN(C(=O)c3ccccc3-c3ccc(F)cc3)CC1)OCC2. The van der Waals surface area contributed by atoms with Crippen LogP contribution in [0.4, 0.5) is 4.39 Å². The Labute approximate surface area is 180 Å². The largest absolute Gasteiger partial charge is 0.368 e. The van der Waals surface area contributed by atoms with Gasteiger partial charge in [-0.15, -0.1) is 0 Å². The Morgan fingerprint density at radius 2 is 1.84 bits per heavy atom. The molecule has 1 spiro atoms. The number of amides is 1. The predicted molar refractivity (Wildman–Crippen MR) is 115 cm³/mol. The predicted octanol–water partition coefficient (Wildman–Crippen LogP) is 4.30. The Bertz CT molecular complexity index is 1120. The van der Waals surface area contributed by atoms with Crippen LogP contribution in [0.1, 0.15) is 40.3 Å². The van der Waals surface area contributed by atoms with Crippen molar-refractivity contribution in [3.05, 3.63) is 83.2 Å². The number of aryl methyl sites for hydroxylation is 1. The minimum absolute atomic E-state index is 0.00956. The van der Waals surface area contributed by atoms with Crippen molar-refractivity contribution in [2.75, 3.05) is 19.7 Å². The molecule has 5 rings (SSSR count).